The maximum Gasteiger partial charge on any atom is 0.213 e. The maximum absolute atomic E-state index is 6.95. The number of para-hydroxylation sites is 1. The van der Waals surface area contributed by atoms with E-state index in [4.69, 9.17) is 4.42 Å². The van der Waals surface area contributed by atoms with Crippen molar-refractivity contribution in [2.24, 2.45) is 0 Å². The zero-order valence-corrected chi connectivity index (χ0v) is 21.8. The second-order valence-corrected chi connectivity index (χ2v) is 10.1. The first-order valence-corrected chi connectivity index (χ1v) is 13.6. The van der Waals surface area contributed by atoms with E-state index < -0.39 is 0 Å². The second kappa shape index (κ2) is 9.14. The Balaban J connectivity index is 1.41. The lowest BCUT2D eigenvalue weighted by Crippen LogP contribution is -1.92. The Morgan fingerprint density at radius 3 is 1.73 bits per heavy atom. The first kappa shape index (κ1) is 22.6. The molecule has 0 spiro atoms. The van der Waals surface area contributed by atoms with E-state index >= 15 is 0 Å². The molecule has 40 heavy (non-hydrogen) atoms. The van der Waals surface area contributed by atoms with Gasteiger partial charge in [0.25, 0.3) is 0 Å². The van der Waals surface area contributed by atoms with Crippen molar-refractivity contribution in [2.45, 2.75) is 0 Å². The molecule has 0 aliphatic rings. The van der Waals surface area contributed by atoms with Crippen molar-refractivity contribution in [2.75, 3.05) is 0 Å². The fraction of sp³-hybridized carbons (Fsp3) is 0. The van der Waals surface area contributed by atoms with E-state index in [-0.39, 0.29) is 0 Å². The van der Waals surface area contributed by atoms with Gasteiger partial charge in [-0.25, -0.2) is 0 Å². The summed E-state index contributed by atoms with van der Waals surface area (Å²) in [5.41, 5.74) is 8.09. The average molecular weight is 512 g/mol. The molecule has 2 heterocycles. The van der Waals surface area contributed by atoms with Gasteiger partial charge in [0.15, 0.2) is 0 Å². The van der Waals surface area contributed by atoms with Gasteiger partial charge in [0.2, 0.25) is 5.88 Å². The van der Waals surface area contributed by atoms with Crippen LogP contribution in [0.4, 0.5) is 0 Å². The molecule has 0 aliphatic carbocycles. The molecule has 2 heteroatoms. The van der Waals surface area contributed by atoms with Gasteiger partial charge in [-0.15, -0.1) is 0 Å². The van der Waals surface area contributed by atoms with Gasteiger partial charge in [0, 0.05) is 27.1 Å². The van der Waals surface area contributed by atoms with Gasteiger partial charge >= 0.3 is 0 Å². The Labute approximate surface area is 232 Å². The lowest BCUT2D eigenvalue weighted by atomic mass is 9.96. The Morgan fingerprint density at radius 2 is 0.950 bits per heavy atom. The van der Waals surface area contributed by atoms with E-state index in [1.807, 2.05) is 0 Å². The molecule has 0 bridgehead atoms. The molecule has 0 atom stereocenters. The van der Waals surface area contributed by atoms with Gasteiger partial charge in [0.05, 0.1) is 11.0 Å². The molecule has 8 rings (SSSR count). The van der Waals surface area contributed by atoms with Crippen LogP contribution in [0.15, 0.2) is 156 Å². The van der Waals surface area contributed by atoms with Crippen LogP contribution in [0.1, 0.15) is 0 Å². The van der Waals surface area contributed by atoms with Gasteiger partial charge in [-0.2, -0.15) is 0 Å². The minimum atomic E-state index is 0.840. The Kier molecular flexibility index (Phi) is 5.17. The van der Waals surface area contributed by atoms with Gasteiger partial charge in [-0.1, -0.05) is 127 Å². The van der Waals surface area contributed by atoms with Crippen LogP contribution in [0, 0.1) is 0 Å². The lowest BCUT2D eigenvalue weighted by Gasteiger charge is -2.09. The minimum Gasteiger partial charge on any atom is -0.438 e. The molecule has 0 saturated heterocycles. The Morgan fingerprint density at radius 1 is 0.375 bits per heavy atom. The fourth-order valence-corrected chi connectivity index (χ4v) is 5.99. The number of rotatable bonds is 4. The van der Waals surface area contributed by atoms with Gasteiger partial charge < -0.3 is 4.42 Å². The second-order valence-electron chi connectivity index (χ2n) is 10.1. The third kappa shape index (κ3) is 3.50. The highest BCUT2D eigenvalue weighted by molar-refractivity contribution is 6.12. The summed E-state index contributed by atoms with van der Waals surface area (Å²) >= 11 is 0. The summed E-state index contributed by atoms with van der Waals surface area (Å²) in [6.07, 6.45) is 0. The van der Waals surface area contributed by atoms with Crippen LogP contribution in [0.3, 0.4) is 0 Å². The molecule has 188 valence electrons. The number of furan rings is 1. The van der Waals surface area contributed by atoms with Crippen molar-refractivity contribution in [3.8, 4) is 39.5 Å². The number of hydrogen-bond acceptors (Lipinski definition) is 1. The van der Waals surface area contributed by atoms with Crippen LogP contribution in [0.25, 0.3) is 72.0 Å². The van der Waals surface area contributed by atoms with Gasteiger partial charge in [0.1, 0.15) is 5.76 Å². The minimum absolute atomic E-state index is 0.840. The first-order valence-electron chi connectivity index (χ1n) is 13.6. The topological polar surface area (TPSA) is 18.1 Å². The molecule has 0 aliphatic heterocycles. The quantitative estimate of drug-likeness (QED) is 0.230. The third-order valence-electron chi connectivity index (χ3n) is 7.84. The SMILES string of the molecule is c1ccc(-c2ccc3c(c2)c2ccccc2n3-c2oc(-c3ccccc3-c3ccccc3)c3ccccc23)cc1. The molecule has 0 fully saturated rings. The van der Waals surface area contributed by atoms with E-state index in [9.17, 15) is 0 Å². The molecular formula is C38H25NO. The van der Waals surface area contributed by atoms with Crippen molar-refractivity contribution in [3.63, 3.8) is 0 Å². The smallest absolute Gasteiger partial charge is 0.213 e. The van der Waals surface area contributed by atoms with E-state index in [2.05, 4.69) is 156 Å². The third-order valence-corrected chi connectivity index (χ3v) is 7.84. The van der Waals surface area contributed by atoms with Crippen LogP contribution in [0.5, 0.6) is 0 Å². The predicted octanol–water partition coefficient (Wildman–Crippen LogP) is 10.5. The zero-order valence-electron chi connectivity index (χ0n) is 21.8. The molecule has 0 N–H and O–H groups in total. The van der Waals surface area contributed by atoms with E-state index in [1.165, 1.54) is 27.5 Å². The summed E-state index contributed by atoms with van der Waals surface area (Å²) in [6, 6.07) is 53.5. The normalized spacial score (nSPS) is 11.5. The lowest BCUT2D eigenvalue weighted by molar-refractivity contribution is 0.565. The van der Waals surface area contributed by atoms with Crippen molar-refractivity contribution >= 4 is 32.6 Å². The van der Waals surface area contributed by atoms with Gasteiger partial charge in [-0.05, 0) is 46.5 Å². The summed E-state index contributed by atoms with van der Waals surface area (Å²) in [7, 11) is 0. The first-order chi connectivity index (χ1) is 19.9. The molecule has 8 aromatic rings. The van der Waals surface area contributed by atoms with Crippen molar-refractivity contribution in [3.05, 3.63) is 152 Å². The molecule has 2 aromatic heterocycles. The molecular weight excluding hydrogens is 486 g/mol. The van der Waals surface area contributed by atoms with Crippen LogP contribution in [0.2, 0.25) is 0 Å². The molecule has 6 aromatic carbocycles. The zero-order chi connectivity index (χ0) is 26.5. The number of aromatic nitrogens is 1. The summed E-state index contributed by atoms with van der Waals surface area (Å²) in [6.45, 7) is 0. The summed E-state index contributed by atoms with van der Waals surface area (Å²) in [4.78, 5) is 0. The largest absolute Gasteiger partial charge is 0.438 e. The van der Waals surface area contributed by atoms with Crippen LogP contribution in [-0.4, -0.2) is 4.57 Å². The molecule has 0 unspecified atom stereocenters. The number of fused-ring (bicyclic) bond motifs is 4. The van der Waals surface area contributed by atoms with Crippen molar-refractivity contribution < 1.29 is 4.42 Å². The standard InChI is InChI=1S/C38H25NO/c1-3-13-26(14-4-1)28-23-24-36-34(25-28)30-18-11-12-22-35(30)39(36)38-33-21-10-9-20-32(33)37(40-38)31-19-8-7-17-29(31)27-15-5-2-6-16-27/h1-25H. The van der Waals surface area contributed by atoms with Crippen molar-refractivity contribution in [1.29, 1.82) is 0 Å². The van der Waals surface area contributed by atoms with E-state index in [0.717, 1.165) is 44.6 Å². The highest BCUT2D eigenvalue weighted by atomic mass is 16.4. The van der Waals surface area contributed by atoms with Crippen LogP contribution < -0.4 is 0 Å². The monoisotopic (exact) mass is 511 g/mol. The number of nitrogens with zero attached hydrogens (tertiary/aromatic N) is 1. The molecule has 0 radical (unpaired) electrons. The highest BCUT2D eigenvalue weighted by Crippen LogP contribution is 2.43. The number of benzene rings is 6. The van der Waals surface area contributed by atoms with Crippen LogP contribution >= 0.6 is 0 Å². The summed E-state index contributed by atoms with van der Waals surface area (Å²) in [5, 5.41) is 4.62. The van der Waals surface area contributed by atoms with Crippen LogP contribution in [-0.2, 0) is 0 Å². The maximum atomic E-state index is 6.95. The molecule has 0 amide bonds. The van der Waals surface area contributed by atoms with Crippen molar-refractivity contribution in [1.82, 2.24) is 4.57 Å². The highest BCUT2D eigenvalue weighted by Gasteiger charge is 2.22. The number of hydrogen-bond donors (Lipinski definition) is 0. The van der Waals surface area contributed by atoms with E-state index in [1.54, 1.807) is 0 Å². The van der Waals surface area contributed by atoms with Gasteiger partial charge in [-0.3, -0.25) is 4.57 Å². The Bertz CT molecular complexity index is 2150. The summed E-state index contributed by atoms with van der Waals surface area (Å²) < 4.78 is 9.24. The molecule has 0 saturated carbocycles. The average Bonchev–Trinajstić information content (AvgIpc) is 3.57. The Hall–Kier alpha value is -5.34. The predicted molar refractivity (Wildman–Crippen MR) is 167 cm³/mol. The fourth-order valence-electron chi connectivity index (χ4n) is 5.99. The van der Waals surface area contributed by atoms with E-state index in [0.29, 0.717) is 0 Å². The molecule has 2 nitrogen and oxygen atoms in total. The summed E-state index contributed by atoms with van der Waals surface area (Å²) in [5.74, 6) is 1.73.